The zero-order chi connectivity index (χ0) is 31.2. The van der Waals surface area contributed by atoms with E-state index in [0.29, 0.717) is 31.8 Å². The summed E-state index contributed by atoms with van der Waals surface area (Å²) in [5.74, 6) is 1.98. The highest BCUT2D eigenvalue weighted by Gasteiger charge is 2.35. The van der Waals surface area contributed by atoms with Crippen LogP contribution in [-0.2, 0) is 22.5 Å². The van der Waals surface area contributed by atoms with Gasteiger partial charge in [0.1, 0.15) is 36.1 Å². The summed E-state index contributed by atoms with van der Waals surface area (Å²) in [7, 11) is 3.25. The number of nitrogens with zero attached hydrogens (tertiary/aromatic N) is 3. The topological polar surface area (TPSA) is 96.6 Å². The average molecular weight is 613 g/mol. The highest BCUT2D eigenvalue weighted by molar-refractivity contribution is 6.00. The van der Waals surface area contributed by atoms with E-state index in [1.807, 2.05) is 77.7 Å². The quantitative estimate of drug-likeness (QED) is 0.274. The molecule has 3 aromatic carbocycles. The van der Waals surface area contributed by atoms with Crippen LogP contribution < -0.4 is 14.2 Å². The number of ether oxygens (including phenoxy) is 4. The van der Waals surface area contributed by atoms with E-state index in [0.717, 1.165) is 72.1 Å². The van der Waals surface area contributed by atoms with Crippen LogP contribution in [0.5, 0.6) is 17.2 Å². The molecule has 2 fully saturated rings. The maximum atomic E-state index is 13.7. The lowest BCUT2D eigenvalue weighted by Gasteiger charge is -2.41. The van der Waals surface area contributed by atoms with Gasteiger partial charge in [0, 0.05) is 43.6 Å². The van der Waals surface area contributed by atoms with Crippen LogP contribution in [-0.4, -0.2) is 104 Å². The third-order valence-corrected chi connectivity index (χ3v) is 8.53. The van der Waals surface area contributed by atoms with Crippen LogP contribution in [0.15, 0.2) is 72.8 Å². The fourth-order valence-electron chi connectivity index (χ4n) is 6.02. The van der Waals surface area contributed by atoms with Crippen LogP contribution in [0.3, 0.4) is 0 Å². The minimum absolute atomic E-state index is 0.00785. The minimum Gasteiger partial charge on any atom is -0.497 e. The molecule has 0 spiro atoms. The summed E-state index contributed by atoms with van der Waals surface area (Å²) >= 11 is 0. The molecule has 1 aromatic heterocycles. The number of H-pyrrole nitrogens is 1. The average Bonchev–Trinajstić information content (AvgIpc) is 3.51. The highest BCUT2D eigenvalue weighted by Crippen LogP contribution is 2.26. The van der Waals surface area contributed by atoms with Crippen molar-refractivity contribution < 1.29 is 28.5 Å². The molecule has 3 heterocycles. The molecule has 6 rings (SSSR count). The second-order valence-corrected chi connectivity index (χ2v) is 11.5. The second kappa shape index (κ2) is 14.0. The van der Waals surface area contributed by atoms with Crippen LogP contribution in [0, 0.1) is 0 Å². The second-order valence-electron chi connectivity index (χ2n) is 11.5. The van der Waals surface area contributed by atoms with Gasteiger partial charge >= 0.3 is 0 Å². The SMILES string of the molecule is COc1cccc(CN2C(=O)CN(C(=O)c3cc4cc(OC)ccc4[nH]3)C[C@@H]2Cc2ccc(OCCN3CCOCC3)cc2)c1. The van der Waals surface area contributed by atoms with Crippen molar-refractivity contribution in [1.82, 2.24) is 19.7 Å². The van der Waals surface area contributed by atoms with Crippen molar-refractivity contribution in [2.75, 3.05) is 66.8 Å². The third kappa shape index (κ3) is 7.41. The molecule has 10 nitrogen and oxygen atoms in total. The van der Waals surface area contributed by atoms with Crippen LogP contribution in [0.4, 0.5) is 0 Å². The largest absolute Gasteiger partial charge is 0.497 e. The number of carbonyl (C=O) groups is 2. The number of amides is 2. The van der Waals surface area contributed by atoms with Crippen LogP contribution in [0.25, 0.3) is 10.9 Å². The van der Waals surface area contributed by atoms with E-state index in [2.05, 4.69) is 9.88 Å². The molecule has 236 valence electrons. The molecule has 4 aromatic rings. The Morgan fingerprint density at radius 2 is 1.67 bits per heavy atom. The van der Waals surface area contributed by atoms with Crippen molar-refractivity contribution >= 4 is 22.7 Å². The lowest BCUT2D eigenvalue weighted by Crippen LogP contribution is -2.58. The maximum Gasteiger partial charge on any atom is 0.270 e. The van der Waals surface area contributed by atoms with Gasteiger partial charge in [-0.25, -0.2) is 0 Å². The Morgan fingerprint density at radius 3 is 2.44 bits per heavy atom. The summed E-state index contributed by atoms with van der Waals surface area (Å²) in [4.78, 5) is 36.5. The van der Waals surface area contributed by atoms with E-state index in [1.165, 1.54) is 0 Å². The molecule has 2 amide bonds. The Morgan fingerprint density at radius 1 is 0.911 bits per heavy atom. The summed E-state index contributed by atoms with van der Waals surface area (Å²) in [5, 5.41) is 0.879. The van der Waals surface area contributed by atoms with E-state index < -0.39 is 0 Å². The van der Waals surface area contributed by atoms with E-state index in [-0.39, 0.29) is 24.4 Å². The van der Waals surface area contributed by atoms with Gasteiger partial charge in [-0.3, -0.25) is 14.5 Å². The van der Waals surface area contributed by atoms with Gasteiger partial charge in [-0.1, -0.05) is 24.3 Å². The molecule has 0 unspecified atom stereocenters. The Hall–Kier alpha value is -4.54. The summed E-state index contributed by atoms with van der Waals surface area (Å²) in [6.07, 6.45) is 0.595. The Labute approximate surface area is 263 Å². The predicted molar refractivity (Wildman–Crippen MR) is 171 cm³/mol. The molecular formula is C35H40N4O6. The summed E-state index contributed by atoms with van der Waals surface area (Å²) in [6.45, 7) is 5.73. The number of hydrogen-bond acceptors (Lipinski definition) is 7. The number of hydrogen-bond donors (Lipinski definition) is 1. The van der Waals surface area contributed by atoms with E-state index >= 15 is 0 Å². The van der Waals surface area contributed by atoms with Crippen LogP contribution >= 0.6 is 0 Å². The smallest absolute Gasteiger partial charge is 0.270 e. The summed E-state index contributed by atoms with van der Waals surface area (Å²) in [5.41, 5.74) is 3.33. The van der Waals surface area contributed by atoms with Crippen molar-refractivity contribution in [1.29, 1.82) is 0 Å². The van der Waals surface area contributed by atoms with Gasteiger partial charge in [0.2, 0.25) is 5.91 Å². The number of aromatic amines is 1. The van der Waals surface area contributed by atoms with Crippen molar-refractivity contribution in [2.24, 2.45) is 0 Å². The van der Waals surface area contributed by atoms with Crippen molar-refractivity contribution in [3.63, 3.8) is 0 Å². The zero-order valence-corrected chi connectivity index (χ0v) is 25.9. The van der Waals surface area contributed by atoms with Gasteiger partial charge in [-0.15, -0.1) is 0 Å². The molecule has 45 heavy (non-hydrogen) atoms. The number of rotatable bonds is 11. The lowest BCUT2D eigenvalue weighted by atomic mass is 10.00. The van der Waals surface area contributed by atoms with E-state index in [4.69, 9.17) is 18.9 Å². The summed E-state index contributed by atoms with van der Waals surface area (Å²) < 4.78 is 22.2. The normalized spacial score (nSPS) is 17.5. The van der Waals surface area contributed by atoms with Crippen molar-refractivity contribution in [3.05, 3.63) is 89.6 Å². The van der Waals surface area contributed by atoms with Crippen molar-refractivity contribution in [2.45, 2.75) is 19.0 Å². The van der Waals surface area contributed by atoms with Gasteiger partial charge in [-0.2, -0.15) is 0 Å². The van der Waals surface area contributed by atoms with E-state index in [1.54, 1.807) is 19.1 Å². The number of carbonyl (C=O) groups excluding carboxylic acids is 2. The molecule has 0 radical (unpaired) electrons. The van der Waals surface area contributed by atoms with Crippen LogP contribution in [0.2, 0.25) is 0 Å². The Kier molecular flexibility index (Phi) is 9.52. The minimum atomic E-state index is -0.223. The van der Waals surface area contributed by atoms with Gasteiger partial charge < -0.3 is 33.7 Å². The Balaban J connectivity index is 1.17. The number of benzene rings is 3. The fourth-order valence-corrected chi connectivity index (χ4v) is 6.02. The van der Waals surface area contributed by atoms with Gasteiger partial charge in [-0.05, 0) is 66.1 Å². The molecule has 2 saturated heterocycles. The molecule has 0 saturated carbocycles. The number of fused-ring (bicyclic) bond motifs is 1. The standard InChI is InChI=1S/C35H40N4O6/c1-42-30-5-3-4-26(19-30)22-39-28(18-25-6-8-29(9-7-25)45-17-14-37-12-15-44-16-13-37)23-38(24-34(39)40)35(41)33-21-27-20-31(43-2)10-11-32(27)36-33/h3-11,19-21,28,36H,12-18,22-24H2,1-2H3/t28-/m0/s1. The van der Waals surface area contributed by atoms with Gasteiger partial charge in [0.05, 0.1) is 33.5 Å². The number of aromatic nitrogens is 1. The molecule has 0 aliphatic carbocycles. The highest BCUT2D eigenvalue weighted by atomic mass is 16.5. The molecular weight excluding hydrogens is 572 g/mol. The zero-order valence-electron chi connectivity index (χ0n) is 25.9. The first-order valence-corrected chi connectivity index (χ1v) is 15.4. The first kappa shape index (κ1) is 30.5. The number of nitrogens with one attached hydrogen (secondary N) is 1. The number of morpholine rings is 1. The Bertz CT molecular complexity index is 1610. The molecule has 0 bridgehead atoms. The van der Waals surface area contributed by atoms with Crippen LogP contribution in [0.1, 0.15) is 21.6 Å². The lowest BCUT2D eigenvalue weighted by molar-refractivity contribution is -0.139. The van der Waals surface area contributed by atoms with Crippen molar-refractivity contribution in [3.8, 4) is 17.2 Å². The molecule has 2 aliphatic heterocycles. The number of piperazine rings is 1. The number of methoxy groups -OCH3 is 2. The summed E-state index contributed by atoms with van der Waals surface area (Å²) in [6, 6.07) is 23.0. The first-order valence-electron chi connectivity index (χ1n) is 15.4. The molecule has 1 atom stereocenters. The molecule has 1 N–H and O–H groups in total. The van der Waals surface area contributed by atoms with Gasteiger partial charge in [0.15, 0.2) is 0 Å². The van der Waals surface area contributed by atoms with Gasteiger partial charge in [0.25, 0.3) is 5.91 Å². The monoisotopic (exact) mass is 612 g/mol. The maximum absolute atomic E-state index is 13.7. The first-order chi connectivity index (χ1) is 22.0. The van der Waals surface area contributed by atoms with E-state index in [9.17, 15) is 9.59 Å². The molecule has 10 heteroatoms. The third-order valence-electron chi connectivity index (χ3n) is 8.53. The predicted octanol–water partition coefficient (Wildman–Crippen LogP) is 3.99. The fraction of sp³-hybridized carbons (Fsp3) is 0.371. The molecule has 2 aliphatic rings.